The van der Waals surface area contributed by atoms with Gasteiger partial charge >= 0.3 is 5.69 Å². The molecule has 0 radical (unpaired) electrons. The molecule has 10 nitrogen and oxygen atoms in total. The lowest BCUT2D eigenvalue weighted by atomic mass is 10.1. The van der Waals surface area contributed by atoms with E-state index in [1.807, 2.05) is 0 Å². The van der Waals surface area contributed by atoms with E-state index < -0.39 is 36.8 Å². The molecular weight excluding hydrogens is 270 g/mol. The minimum Gasteiger partial charge on any atom is -0.394 e. The summed E-state index contributed by atoms with van der Waals surface area (Å²) in [7, 11) is 0. The summed E-state index contributed by atoms with van der Waals surface area (Å²) in [6, 6.07) is 0. The standard InChI is InChI=1S/C10H13N5O5/c11-8-12-9-14(1-2-15(9)10(19)13-8)7-6(18)5(17)4(3-16)20-7/h1-2,4-7,16-18H,3H2,(H2,11,13,19)/t4-,5+,6+,7+/m0/s1. The van der Waals surface area contributed by atoms with Crippen molar-refractivity contribution in [3.05, 3.63) is 22.9 Å². The summed E-state index contributed by atoms with van der Waals surface area (Å²) in [6.45, 7) is -0.439. The van der Waals surface area contributed by atoms with Crippen LogP contribution < -0.4 is 11.4 Å². The maximum Gasteiger partial charge on any atom is 0.357 e. The summed E-state index contributed by atoms with van der Waals surface area (Å²) in [5.41, 5.74) is 4.81. The Morgan fingerprint density at radius 1 is 1.30 bits per heavy atom. The van der Waals surface area contributed by atoms with Crippen molar-refractivity contribution in [2.24, 2.45) is 0 Å². The monoisotopic (exact) mass is 283 g/mol. The average Bonchev–Trinajstić information content (AvgIpc) is 2.93. The predicted molar refractivity (Wildman–Crippen MR) is 64.7 cm³/mol. The van der Waals surface area contributed by atoms with Gasteiger partial charge in [0, 0.05) is 12.4 Å². The summed E-state index contributed by atoms with van der Waals surface area (Å²) >= 11 is 0. The quantitative estimate of drug-likeness (QED) is 0.458. The van der Waals surface area contributed by atoms with Crippen LogP contribution in [-0.2, 0) is 4.74 Å². The molecule has 2 aromatic rings. The van der Waals surface area contributed by atoms with E-state index in [-0.39, 0.29) is 11.7 Å². The molecule has 0 spiro atoms. The Balaban J connectivity index is 2.09. The number of aliphatic hydroxyl groups excluding tert-OH is 3. The predicted octanol–water partition coefficient (Wildman–Crippen LogP) is -2.92. The first-order valence-corrected chi connectivity index (χ1v) is 5.88. The fourth-order valence-electron chi connectivity index (χ4n) is 2.24. The fraction of sp³-hybridized carbons (Fsp3) is 0.500. The number of nitrogen functional groups attached to an aromatic ring is 1. The van der Waals surface area contributed by atoms with Crippen molar-refractivity contribution < 1.29 is 20.1 Å². The summed E-state index contributed by atoms with van der Waals surface area (Å²) < 4.78 is 7.84. The molecule has 1 fully saturated rings. The zero-order chi connectivity index (χ0) is 14.4. The lowest BCUT2D eigenvalue weighted by Crippen LogP contribution is -2.33. The first kappa shape index (κ1) is 13.0. The van der Waals surface area contributed by atoms with Crippen LogP contribution in [0.25, 0.3) is 5.78 Å². The number of ether oxygens (including phenoxy) is 1. The highest BCUT2D eigenvalue weighted by Gasteiger charge is 2.43. The molecule has 3 rings (SSSR count). The SMILES string of the molecule is Nc1nc(=O)n2ccn([C@@H]3O[C@@H](CO)[C@@H](O)[C@H]3O)c2n1. The van der Waals surface area contributed by atoms with Crippen molar-refractivity contribution in [3.63, 3.8) is 0 Å². The number of anilines is 1. The van der Waals surface area contributed by atoms with E-state index in [4.69, 9.17) is 15.6 Å². The number of nitrogens with zero attached hydrogens (tertiary/aromatic N) is 4. The second-order valence-electron chi connectivity index (χ2n) is 4.47. The zero-order valence-corrected chi connectivity index (χ0v) is 10.2. The second kappa shape index (κ2) is 4.52. The van der Waals surface area contributed by atoms with Crippen LogP contribution in [0.1, 0.15) is 6.23 Å². The lowest BCUT2D eigenvalue weighted by molar-refractivity contribution is -0.0510. The van der Waals surface area contributed by atoms with E-state index in [1.165, 1.54) is 17.0 Å². The summed E-state index contributed by atoms with van der Waals surface area (Å²) in [4.78, 5) is 19.0. The summed E-state index contributed by atoms with van der Waals surface area (Å²) in [5, 5.41) is 28.8. The third-order valence-electron chi connectivity index (χ3n) is 3.24. The first-order valence-electron chi connectivity index (χ1n) is 5.88. The van der Waals surface area contributed by atoms with Crippen LogP contribution in [0, 0.1) is 0 Å². The van der Waals surface area contributed by atoms with E-state index in [9.17, 15) is 15.0 Å². The molecule has 0 aliphatic carbocycles. The Morgan fingerprint density at radius 3 is 2.70 bits per heavy atom. The van der Waals surface area contributed by atoms with Crippen molar-refractivity contribution in [1.82, 2.24) is 18.9 Å². The van der Waals surface area contributed by atoms with Gasteiger partial charge in [0.15, 0.2) is 6.23 Å². The molecule has 1 saturated heterocycles. The number of hydrogen-bond donors (Lipinski definition) is 4. The summed E-state index contributed by atoms with van der Waals surface area (Å²) in [6.07, 6.45) is -1.56. The van der Waals surface area contributed by atoms with Crippen molar-refractivity contribution in [2.45, 2.75) is 24.5 Å². The fourth-order valence-corrected chi connectivity index (χ4v) is 2.24. The van der Waals surface area contributed by atoms with Crippen molar-refractivity contribution in [2.75, 3.05) is 12.3 Å². The molecule has 1 aliphatic heterocycles. The molecule has 108 valence electrons. The van der Waals surface area contributed by atoms with Crippen LogP contribution in [-0.4, -0.2) is 59.2 Å². The van der Waals surface area contributed by atoms with Gasteiger partial charge in [-0.3, -0.25) is 4.57 Å². The van der Waals surface area contributed by atoms with Crippen LogP contribution in [0.4, 0.5) is 5.95 Å². The Bertz CT molecular complexity index is 697. The van der Waals surface area contributed by atoms with Gasteiger partial charge in [0.05, 0.1) is 6.61 Å². The van der Waals surface area contributed by atoms with E-state index >= 15 is 0 Å². The van der Waals surface area contributed by atoms with Crippen LogP contribution in [0.3, 0.4) is 0 Å². The molecular formula is C10H13N5O5. The molecule has 0 unspecified atom stereocenters. The van der Waals surface area contributed by atoms with E-state index in [1.54, 1.807) is 0 Å². The Morgan fingerprint density at radius 2 is 2.05 bits per heavy atom. The molecule has 0 amide bonds. The van der Waals surface area contributed by atoms with Gasteiger partial charge in [-0.25, -0.2) is 9.20 Å². The molecule has 10 heteroatoms. The van der Waals surface area contributed by atoms with Gasteiger partial charge in [-0.05, 0) is 0 Å². The van der Waals surface area contributed by atoms with Gasteiger partial charge in [0.1, 0.15) is 18.3 Å². The number of aliphatic hydroxyl groups is 3. The van der Waals surface area contributed by atoms with Gasteiger partial charge in [0.25, 0.3) is 0 Å². The van der Waals surface area contributed by atoms with Crippen LogP contribution in [0.5, 0.6) is 0 Å². The van der Waals surface area contributed by atoms with Gasteiger partial charge in [0.2, 0.25) is 11.7 Å². The van der Waals surface area contributed by atoms with Crippen molar-refractivity contribution in [1.29, 1.82) is 0 Å². The van der Waals surface area contributed by atoms with Crippen molar-refractivity contribution in [3.8, 4) is 0 Å². The van der Waals surface area contributed by atoms with Crippen LogP contribution in [0.15, 0.2) is 17.2 Å². The minimum atomic E-state index is -1.27. The first-order chi connectivity index (χ1) is 9.52. The number of nitrogens with two attached hydrogens (primary N) is 1. The zero-order valence-electron chi connectivity index (χ0n) is 10.2. The molecule has 0 bridgehead atoms. The Hall–Kier alpha value is -2.01. The molecule has 4 atom stereocenters. The number of rotatable bonds is 2. The Labute approximate surface area is 111 Å². The third-order valence-corrected chi connectivity index (χ3v) is 3.24. The average molecular weight is 283 g/mol. The highest BCUT2D eigenvalue weighted by atomic mass is 16.6. The molecule has 5 N–H and O–H groups in total. The number of aromatic nitrogens is 4. The van der Waals surface area contributed by atoms with Gasteiger partial charge in [-0.2, -0.15) is 9.97 Å². The van der Waals surface area contributed by atoms with Crippen LogP contribution in [0.2, 0.25) is 0 Å². The maximum atomic E-state index is 11.6. The summed E-state index contributed by atoms with van der Waals surface area (Å²) in [5.74, 6) is -0.0842. The normalized spacial score (nSPS) is 30.1. The van der Waals surface area contributed by atoms with E-state index in [0.717, 1.165) is 4.40 Å². The Kier molecular flexibility index (Phi) is 2.94. The minimum absolute atomic E-state index is 0.123. The highest BCUT2D eigenvalue weighted by molar-refractivity contribution is 5.35. The van der Waals surface area contributed by atoms with Crippen LogP contribution >= 0.6 is 0 Å². The largest absolute Gasteiger partial charge is 0.394 e. The highest BCUT2D eigenvalue weighted by Crippen LogP contribution is 2.30. The molecule has 0 saturated carbocycles. The smallest absolute Gasteiger partial charge is 0.357 e. The third kappa shape index (κ3) is 1.78. The molecule has 20 heavy (non-hydrogen) atoms. The van der Waals surface area contributed by atoms with Gasteiger partial charge in [-0.1, -0.05) is 0 Å². The number of hydrogen-bond acceptors (Lipinski definition) is 8. The van der Waals surface area contributed by atoms with Gasteiger partial charge in [-0.15, -0.1) is 0 Å². The topological polar surface area (TPSA) is 148 Å². The number of fused-ring (bicyclic) bond motifs is 1. The lowest BCUT2D eigenvalue weighted by Gasteiger charge is -2.16. The van der Waals surface area contributed by atoms with Gasteiger partial charge < -0.3 is 25.8 Å². The van der Waals surface area contributed by atoms with E-state index in [0.29, 0.717) is 0 Å². The second-order valence-corrected chi connectivity index (χ2v) is 4.47. The number of imidazole rings is 1. The molecule has 0 aromatic carbocycles. The van der Waals surface area contributed by atoms with E-state index in [2.05, 4.69) is 9.97 Å². The molecule has 2 aromatic heterocycles. The van der Waals surface area contributed by atoms with Crippen molar-refractivity contribution >= 4 is 11.7 Å². The molecule has 1 aliphatic rings. The molecule has 3 heterocycles. The maximum absolute atomic E-state index is 11.6.